The zero-order valence-electron chi connectivity index (χ0n) is 14.8. The van der Waals surface area contributed by atoms with Crippen molar-refractivity contribution >= 4 is 6.09 Å². The Bertz CT molecular complexity index is 591. The van der Waals surface area contributed by atoms with Crippen molar-refractivity contribution < 1.29 is 9.53 Å². The van der Waals surface area contributed by atoms with Gasteiger partial charge >= 0.3 is 6.09 Å². The molecule has 1 aromatic rings. The Morgan fingerprint density at radius 3 is 2.58 bits per heavy atom. The van der Waals surface area contributed by atoms with Crippen LogP contribution in [0.3, 0.4) is 0 Å². The molecule has 4 atom stereocenters. The van der Waals surface area contributed by atoms with E-state index in [4.69, 9.17) is 4.74 Å². The first-order valence-electron chi connectivity index (χ1n) is 8.85. The van der Waals surface area contributed by atoms with Crippen LogP contribution in [0.4, 0.5) is 4.79 Å². The largest absolute Gasteiger partial charge is 0.444 e. The van der Waals surface area contributed by atoms with Gasteiger partial charge in [-0.25, -0.2) is 4.79 Å². The molecule has 0 saturated heterocycles. The summed E-state index contributed by atoms with van der Waals surface area (Å²) >= 11 is 0. The first-order chi connectivity index (χ1) is 11.4. The number of hydrogen-bond acceptors (Lipinski definition) is 3. The molecule has 24 heavy (non-hydrogen) atoms. The number of fused-ring (bicyclic) bond motifs is 2. The number of carbonyl (C=O) groups excluding carboxylic acids is 1. The molecular formula is C20H28N2O2. The van der Waals surface area contributed by atoms with E-state index in [0.717, 1.165) is 19.5 Å². The maximum Gasteiger partial charge on any atom is 0.407 e. The highest BCUT2D eigenvalue weighted by molar-refractivity contribution is 5.68. The lowest BCUT2D eigenvalue weighted by atomic mass is 9.89. The zero-order valence-corrected chi connectivity index (χ0v) is 14.8. The van der Waals surface area contributed by atoms with Gasteiger partial charge in [-0.05, 0) is 50.5 Å². The van der Waals surface area contributed by atoms with Gasteiger partial charge in [0.2, 0.25) is 0 Å². The zero-order chi connectivity index (χ0) is 17.2. The summed E-state index contributed by atoms with van der Waals surface area (Å²) in [5, 5.41) is 6.67. The highest BCUT2D eigenvalue weighted by Crippen LogP contribution is 2.43. The topological polar surface area (TPSA) is 50.4 Å². The van der Waals surface area contributed by atoms with E-state index in [1.54, 1.807) is 0 Å². The third kappa shape index (κ3) is 4.18. The van der Waals surface area contributed by atoms with E-state index in [0.29, 0.717) is 17.8 Å². The Kier molecular flexibility index (Phi) is 4.95. The number of nitrogens with one attached hydrogen (secondary N) is 2. The van der Waals surface area contributed by atoms with Crippen LogP contribution in [0.2, 0.25) is 0 Å². The second-order valence-corrected chi connectivity index (χ2v) is 7.90. The summed E-state index contributed by atoms with van der Waals surface area (Å²) in [4.78, 5) is 12.2. The number of benzene rings is 1. The van der Waals surface area contributed by atoms with Crippen LogP contribution in [-0.4, -0.2) is 24.3 Å². The molecule has 4 nitrogen and oxygen atoms in total. The summed E-state index contributed by atoms with van der Waals surface area (Å²) in [6.07, 6.45) is 5.40. The summed E-state index contributed by atoms with van der Waals surface area (Å²) < 4.78 is 5.43. The molecule has 2 aliphatic rings. The Labute approximate surface area is 144 Å². The molecule has 3 rings (SSSR count). The van der Waals surface area contributed by atoms with Gasteiger partial charge in [-0.1, -0.05) is 42.5 Å². The van der Waals surface area contributed by atoms with Crippen molar-refractivity contribution in [3.63, 3.8) is 0 Å². The van der Waals surface area contributed by atoms with Crippen LogP contribution in [0.25, 0.3) is 0 Å². The summed E-state index contributed by atoms with van der Waals surface area (Å²) in [5.41, 5.74) is 0.825. The lowest BCUT2D eigenvalue weighted by molar-refractivity contribution is 0.0480. The number of alkyl carbamates (subject to hydrolysis) is 1. The lowest BCUT2D eigenvalue weighted by Crippen LogP contribution is -2.47. The van der Waals surface area contributed by atoms with Crippen LogP contribution < -0.4 is 10.6 Å². The van der Waals surface area contributed by atoms with Gasteiger partial charge in [0.15, 0.2) is 0 Å². The van der Waals surface area contributed by atoms with Crippen molar-refractivity contribution in [1.82, 2.24) is 10.6 Å². The quantitative estimate of drug-likeness (QED) is 0.814. The fourth-order valence-electron chi connectivity index (χ4n) is 3.84. The Morgan fingerprint density at radius 2 is 1.88 bits per heavy atom. The lowest BCUT2D eigenvalue weighted by Gasteiger charge is -2.30. The number of amides is 1. The fourth-order valence-corrected chi connectivity index (χ4v) is 3.84. The van der Waals surface area contributed by atoms with Gasteiger partial charge < -0.3 is 15.4 Å². The predicted molar refractivity (Wildman–Crippen MR) is 95.5 cm³/mol. The molecule has 2 aliphatic carbocycles. The fraction of sp³-hybridized carbons (Fsp3) is 0.550. The van der Waals surface area contributed by atoms with Crippen molar-refractivity contribution in [2.24, 2.45) is 17.8 Å². The van der Waals surface area contributed by atoms with Crippen molar-refractivity contribution in [3.8, 4) is 0 Å². The summed E-state index contributed by atoms with van der Waals surface area (Å²) in [7, 11) is 0. The molecule has 2 N–H and O–H groups in total. The molecule has 0 aromatic heterocycles. The minimum atomic E-state index is -0.460. The van der Waals surface area contributed by atoms with Crippen molar-refractivity contribution in [1.29, 1.82) is 0 Å². The van der Waals surface area contributed by atoms with Crippen molar-refractivity contribution in [2.45, 2.75) is 45.4 Å². The van der Waals surface area contributed by atoms with Gasteiger partial charge in [-0.15, -0.1) is 0 Å². The molecule has 1 aromatic carbocycles. The Balaban J connectivity index is 1.55. The number of rotatable bonds is 5. The average molecular weight is 328 g/mol. The van der Waals surface area contributed by atoms with E-state index in [9.17, 15) is 4.79 Å². The Hall–Kier alpha value is -1.81. The SMILES string of the molecule is CC(C)(C)OC(=O)N[C@H]1[C@@H](CNCc2ccccc2)[C@H]2C=C[C@@H]1C2. The molecule has 0 aliphatic heterocycles. The van der Waals surface area contributed by atoms with Crippen molar-refractivity contribution in [2.75, 3.05) is 6.54 Å². The van der Waals surface area contributed by atoms with Gasteiger partial charge in [0.1, 0.15) is 5.60 Å². The van der Waals surface area contributed by atoms with Gasteiger partial charge in [0.05, 0.1) is 0 Å². The van der Waals surface area contributed by atoms with Crippen LogP contribution in [0, 0.1) is 17.8 Å². The van der Waals surface area contributed by atoms with Crippen LogP contribution >= 0.6 is 0 Å². The highest BCUT2D eigenvalue weighted by Gasteiger charge is 2.45. The maximum absolute atomic E-state index is 12.2. The molecule has 0 unspecified atom stereocenters. The normalized spacial score (nSPS) is 28.1. The first kappa shape index (κ1) is 17.0. The average Bonchev–Trinajstić information content (AvgIpc) is 3.09. The van der Waals surface area contributed by atoms with E-state index in [2.05, 4.69) is 47.1 Å². The van der Waals surface area contributed by atoms with Gasteiger partial charge in [-0.2, -0.15) is 0 Å². The van der Waals surface area contributed by atoms with Crippen LogP contribution in [0.15, 0.2) is 42.5 Å². The number of allylic oxidation sites excluding steroid dienone is 1. The standard InChI is InChI=1S/C20H28N2O2/c1-20(2,3)24-19(23)22-18-16-10-9-15(11-16)17(18)13-21-12-14-7-5-4-6-8-14/h4-10,15-18,21H,11-13H2,1-3H3,(H,22,23)/t15-,16+,17-,18+/m0/s1. The maximum atomic E-state index is 12.2. The molecule has 0 radical (unpaired) electrons. The van der Waals surface area contributed by atoms with Crippen LogP contribution in [0.1, 0.15) is 32.8 Å². The Morgan fingerprint density at radius 1 is 1.17 bits per heavy atom. The van der Waals surface area contributed by atoms with E-state index in [-0.39, 0.29) is 12.1 Å². The third-order valence-electron chi connectivity index (χ3n) is 4.86. The molecule has 130 valence electrons. The number of ether oxygens (including phenoxy) is 1. The third-order valence-corrected chi connectivity index (χ3v) is 4.86. The van der Waals surface area contributed by atoms with Crippen molar-refractivity contribution in [3.05, 3.63) is 48.0 Å². The second kappa shape index (κ2) is 6.98. The van der Waals surface area contributed by atoms with Crippen LogP contribution in [0.5, 0.6) is 0 Å². The molecular weight excluding hydrogens is 300 g/mol. The number of hydrogen-bond donors (Lipinski definition) is 2. The molecule has 0 spiro atoms. The molecule has 2 bridgehead atoms. The smallest absolute Gasteiger partial charge is 0.407 e. The predicted octanol–water partition coefficient (Wildman–Crippen LogP) is 3.49. The molecule has 1 saturated carbocycles. The van der Waals surface area contributed by atoms with Gasteiger partial charge in [0.25, 0.3) is 0 Å². The van der Waals surface area contributed by atoms with Crippen LogP contribution in [-0.2, 0) is 11.3 Å². The molecule has 4 heteroatoms. The summed E-state index contributed by atoms with van der Waals surface area (Å²) in [6, 6.07) is 10.6. The van der Waals surface area contributed by atoms with E-state index in [1.165, 1.54) is 5.56 Å². The second-order valence-electron chi connectivity index (χ2n) is 7.90. The molecule has 1 fully saturated rings. The summed E-state index contributed by atoms with van der Waals surface area (Å²) in [5.74, 6) is 1.42. The number of carbonyl (C=O) groups is 1. The van der Waals surface area contributed by atoms with E-state index < -0.39 is 5.60 Å². The molecule has 0 heterocycles. The van der Waals surface area contributed by atoms with Gasteiger partial charge in [-0.3, -0.25) is 0 Å². The van der Waals surface area contributed by atoms with Gasteiger partial charge in [0, 0.05) is 19.1 Å². The minimum absolute atomic E-state index is 0.165. The van der Waals surface area contributed by atoms with E-state index in [1.807, 2.05) is 26.8 Å². The summed E-state index contributed by atoms with van der Waals surface area (Å²) in [6.45, 7) is 7.45. The highest BCUT2D eigenvalue weighted by atomic mass is 16.6. The molecule has 1 amide bonds. The minimum Gasteiger partial charge on any atom is -0.444 e. The monoisotopic (exact) mass is 328 g/mol. The van der Waals surface area contributed by atoms with E-state index >= 15 is 0 Å². The first-order valence-corrected chi connectivity index (χ1v) is 8.85.